The van der Waals surface area contributed by atoms with Gasteiger partial charge in [-0.05, 0) is 13.8 Å². The fraction of sp³-hybridized carbons (Fsp3) is 0.778. The predicted molar refractivity (Wildman–Crippen MR) is 50.7 cm³/mol. The molecule has 0 bridgehead atoms. The largest absolute Gasteiger partial charge is 0.344 e. The van der Waals surface area contributed by atoms with E-state index in [1.807, 2.05) is 0 Å². The minimum Gasteiger partial charge on any atom is -0.344 e. The van der Waals surface area contributed by atoms with Crippen molar-refractivity contribution in [3.63, 3.8) is 0 Å². The van der Waals surface area contributed by atoms with Crippen molar-refractivity contribution in [2.24, 2.45) is 5.92 Å². The van der Waals surface area contributed by atoms with Gasteiger partial charge in [-0.2, -0.15) is 0 Å². The van der Waals surface area contributed by atoms with Crippen molar-refractivity contribution >= 4 is 23.3 Å². The van der Waals surface area contributed by atoms with Gasteiger partial charge in [-0.3, -0.25) is 9.59 Å². The number of alkyl halides is 1. The standard InChI is InChI=1S/C9H14ClNO2/c1-5-6(10)4-7(12)11-9(2,3)8(5)13/h5-6H,4H2,1-3H3,(H,11,12). The number of Topliss-reactive ketones (excluding diaryl/α,β-unsaturated/α-hetero) is 1. The van der Waals surface area contributed by atoms with E-state index in [1.54, 1.807) is 20.8 Å². The molecule has 13 heavy (non-hydrogen) atoms. The molecule has 1 aliphatic rings. The molecule has 1 amide bonds. The topological polar surface area (TPSA) is 46.2 Å². The zero-order valence-corrected chi connectivity index (χ0v) is 8.81. The van der Waals surface area contributed by atoms with Crippen LogP contribution in [0.1, 0.15) is 27.2 Å². The van der Waals surface area contributed by atoms with Gasteiger partial charge >= 0.3 is 0 Å². The maximum atomic E-state index is 11.7. The van der Waals surface area contributed by atoms with Crippen LogP contribution in [-0.2, 0) is 9.59 Å². The SMILES string of the molecule is CC1C(=O)C(C)(C)NC(=O)CC1Cl. The lowest BCUT2D eigenvalue weighted by atomic mass is 9.89. The van der Waals surface area contributed by atoms with Gasteiger partial charge < -0.3 is 5.32 Å². The quantitative estimate of drug-likeness (QED) is 0.600. The van der Waals surface area contributed by atoms with E-state index in [-0.39, 0.29) is 29.4 Å². The summed E-state index contributed by atoms with van der Waals surface area (Å²) >= 11 is 5.91. The highest BCUT2D eigenvalue weighted by molar-refractivity contribution is 6.24. The van der Waals surface area contributed by atoms with Crippen LogP contribution in [0.15, 0.2) is 0 Å². The number of hydrogen-bond donors (Lipinski definition) is 1. The van der Waals surface area contributed by atoms with Gasteiger partial charge in [-0.25, -0.2) is 0 Å². The second-order valence-corrected chi connectivity index (χ2v) is 4.61. The first-order valence-corrected chi connectivity index (χ1v) is 4.77. The summed E-state index contributed by atoms with van der Waals surface area (Å²) in [6.45, 7) is 5.18. The van der Waals surface area contributed by atoms with Gasteiger partial charge in [0.05, 0.1) is 10.9 Å². The van der Waals surface area contributed by atoms with Crippen LogP contribution in [0.3, 0.4) is 0 Å². The van der Waals surface area contributed by atoms with Crippen molar-refractivity contribution in [1.29, 1.82) is 0 Å². The van der Waals surface area contributed by atoms with Crippen LogP contribution >= 0.6 is 11.6 Å². The molecule has 0 aromatic carbocycles. The Bertz CT molecular complexity index is 250. The minimum absolute atomic E-state index is 0.00153. The fourth-order valence-electron chi connectivity index (χ4n) is 1.55. The number of ketones is 1. The Morgan fingerprint density at radius 1 is 1.46 bits per heavy atom. The fourth-order valence-corrected chi connectivity index (χ4v) is 1.80. The molecular formula is C9H14ClNO2. The number of rotatable bonds is 0. The van der Waals surface area contributed by atoms with Gasteiger partial charge in [0.1, 0.15) is 0 Å². The summed E-state index contributed by atoms with van der Waals surface area (Å²) < 4.78 is 0. The molecule has 0 aromatic heterocycles. The maximum absolute atomic E-state index is 11.7. The normalized spacial score (nSPS) is 33.8. The Balaban J connectivity index is 2.95. The van der Waals surface area contributed by atoms with Crippen LogP contribution < -0.4 is 5.32 Å². The third-order valence-corrected chi connectivity index (χ3v) is 2.94. The Morgan fingerprint density at radius 2 is 2.00 bits per heavy atom. The molecule has 1 heterocycles. The molecule has 0 saturated carbocycles. The Labute approximate surface area is 82.8 Å². The first-order chi connectivity index (χ1) is 5.84. The van der Waals surface area contributed by atoms with Crippen LogP contribution in [-0.4, -0.2) is 22.6 Å². The zero-order valence-electron chi connectivity index (χ0n) is 8.06. The van der Waals surface area contributed by atoms with E-state index in [1.165, 1.54) is 0 Å². The van der Waals surface area contributed by atoms with Gasteiger partial charge in [-0.15, -0.1) is 11.6 Å². The highest BCUT2D eigenvalue weighted by atomic mass is 35.5. The summed E-state index contributed by atoms with van der Waals surface area (Å²) in [4.78, 5) is 23.0. The average Bonchev–Trinajstić information content (AvgIpc) is 2.03. The average molecular weight is 204 g/mol. The summed E-state index contributed by atoms with van der Waals surface area (Å²) in [7, 11) is 0. The van der Waals surface area contributed by atoms with Crippen LogP contribution in [0.2, 0.25) is 0 Å². The summed E-state index contributed by atoms with van der Waals surface area (Å²) in [5.74, 6) is -0.420. The third-order valence-electron chi connectivity index (χ3n) is 2.40. The second-order valence-electron chi connectivity index (χ2n) is 4.05. The molecule has 0 radical (unpaired) electrons. The lowest BCUT2D eigenvalue weighted by Gasteiger charge is -2.24. The highest BCUT2D eigenvalue weighted by Gasteiger charge is 2.39. The number of nitrogens with one attached hydrogen (secondary N) is 1. The van der Waals surface area contributed by atoms with Crippen molar-refractivity contribution in [3.05, 3.63) is 0 Å². The van der Waals surface area contributed by atoms with Crippen LogP contribution in [0.25, 0.3) is 0 Å². The smallest absolute Gasteiger partial charge is 0.222 e. The van der Waals surface area contributed by atoms with Crippen molar-refractivity contribution in [2.75, 3.05) is 0 Å². The lowest BCUT2D eigenvalue weighted by molar-refractivity contribution is -0.130. The Morgan fingerprint density at radius 3 is 2.54 bits per heavy atom. The van der Waals surface area contributed by atoms with Crippen LogP contribution in [0, 0.1) is 5.92 Å². The monoisotopic (exact) mass is 203 g/mol. The number of amides is 1. The minimum atomic E-state index is -0.778. The summed E-state index contributed by atoms with van der Waals surface area (Å²) in [5.41, 5.74) is -0.778. The van der Waals surface area contributed by atoms with E-state index in [0.717, 1.165) is 0 Å². The van der Waals surface area contributed by atoms with E-state index in [9.17, 15) is 9.59 Å². The number of hydrogen-bond acceptors (Lipinski definition) is 2. The molecule has 0 spiro atoms. The summed E-state index contributed by atoms with van der Waals surface area (Å²) in [5, 5.41) is 2.28. The number of carbonyl (C=O) groups excluding carboxylic acids is 2. The van der Waals surface area contributed by atoms with Gasteiger partial charge in [0.25, 0.3) is 0 Å². The number of carbonyl (C=O) groups is 2. The maximum Gasteiger partial charge on any atom is 0.222 e. The molecule has 2 atom stereocenters. The Hall–Kier alpha value is -0.570. The lowest BCUT2D eigenvalue weighted by Crippen LogP contribution is -2.49. The van der Waals surface area contributed by atoms with Gasteiger partial charge in [0.15, 0.2) is 5.78 Å². The van der Waals surface area contributed by atoms with E-state index in [2.05, 4.69) is 5.32 Å². The van der Waals surface area contributed by atoms with Crippen molar-refractivity contribution in [1.82, 2.24) is 5.32 Å². The molecule has 74 valence electrons. The Kier molecular flexibility index (Phi) is 2.66. The summed E-state index contributed by atoms with van der Waals surface area (Å²) in [6.07, 6.45) is 0.220. The zero-order chi connectivity index (χ0) is 10.2. The molecule has 1 rings (SSSR count). The van der Waals surface area contributed by atoms with Crippen molar-refractivity contribution in [3.8, 4) is 0 Å². The van der Waals surface area contributed by atoms with Crippen molar-refractivity contribution < 1.29 is 9.59 Å². The molecule has 0 aliphatic carbocycles. The van der Waals surface area contributed by atoms with E-state index in [0.29, 0.717) is 0 Å². The molecule has 0 aromatic rings. The molecule has 1 saturated heterocycles. The molecule has 2 unspecified atom stereocenters. The third kappa shape index (κ3) is 2.02. The molecular weight excluding hydrogens is 190 g/mol. The molecule has 1 fully saturated rings. The summed E-state index contributed by atoms with van der Waals surface area (Å²) in [6, 6.07) is 0. The molecule has 1 N–H and O–H groups in total. The molecule has 1 aliphatic heterocycles. The van der Waals surface area contributed by atoms with Gasteiger partial charge in [-0.1, -0.05) is 6.92 Å². The second kappa shape index (κ2) is 3.29. The first kappa shape index (κ1) is 10.5. The van der Waals surface area contributed by atoms with Gasteiger partial charge in [0, 0.05) is 12.3 Å². The number of halogens is 1. The van der Waals surface area contributed by atoms with E-state index < -0.39 is 5.54 Å². The molecule has 4 heteroatoms. The van der Waals surface area contributed by atoms with E-state index in [4.69, 9.17) is 11.6 Å². The first-order valence-electron chi connectivity index (χ1n) is 4.34. The van der Waals surface area contributed by atoms with Crippen LogP contribution in [0.5, 0.6) is 0 Å². The highest BCUT2D eigenvalue weighted by Crippen LogP contribution is 2.24. The van der Waals surface area contributed by atoms with Gasteiger partial charge in [0.2, 0.25) is 5.91 Å². The predicted octanol–water partition coefficient (Wildman–Crippen LogP) is 1.10. The van der Waals surface area contributed by atoms with E-state index >= 15 is 0 Å². The van der Waals surface area contributed by atoms with Crippen LogP contribution in [0.4, 0.5) is 0 Å². The van der Waals surface area contributed by atoms with Crippen molar-refractivity contribution in [2.45, 2.75) is 38.1 Å². The molecule has 3 nitrogen and oxygen atoms in total.